The van der Waals surface area contributed by atoms with Crippen molar-refractivity contribution in [2.75, 3.05) is 14.2 Å². The molecule has 0 radical (unpaired) electrons. The topological polar surface area (TPSA) is 56.8 Å². The first kappa shape index (κ1) is 19.9. The molecule has 5 nitrogen and oxygen atoms in total. The smallest absolute Gasteiger partial charge is 0.261 e. The van der Waals surface area contributed by atoms with Gasteiger partial charge in [-0.05, 0) is 55.8 Å². The summed E-state index contributed by atoms with van der Waals surface area (Å²) in [6.07, 6.45) is -0.0635. The van der Waals surface area contributed by atoms with Gasteiger partial charge in [0.25, 0.3) is 5.91 Å². The maximum absolute atomic E-state index is 12.6. The molecule has 140 valence electrons. The van der Waals surface area contributed by atoms with Gasteiger partial charge in [-0.1, -0.05) is 18.5 Å². The van der Waals surface area contributed by atoms with E-state index in [0.29, 0.717) is 28.7 Å². The molecule has 2 rings (SSSR count). The first-order valence-electron chi connectivity index (χ1n) is 8.43. The van der Waals surface area contributed by atoms with Crippen LogP contribution >= 0.6 is 11.6 Å². The molecule has 0 saturated heterocycles. The van der Waals surface area contributed by atoms with Crippen LogP contribution in [0.15, 0.2) is 42.5 Å². The number of carbonyl (C=O) groups excluding carboxylic acids is 1. The molecule has 0 spiro atoms. The van der Waals surface area contributed by atoms with Crippen LogP contribution in [0.1, 0.15) is 31.9 Å². The third-order valence-corrected chi connectivity index (χ3v) is 4.27. The van der Waals surface area contributed by atoms with E-state index in [9.17, 15) is 4.79 Å². The summed E-state index contributed by atoms with van der Waals surface area (Å²) >= 11 is 5.88. The van der Waals surface area contributed by atoms with Crippen LogP contribution in [0.2, 0.25) is 5.02 Å². The van der Waals surface area contributed by atoms with Gasteiger partial charge in [0.1, 0.15) is 17.2 Å². The summed E-state index contributed by atoms with van der Waals surface area (Å²) < 4.78 is 16.4. The number of hydrogen-bond acceptors (Lipinski definition) is 4. The van der Waals surface area contributed by atoms with Gasteiger partial charge in [0, 0.05) is 10.6 Å². The average molecular weight is 378 g/mol. The van der Waals surface area contributed by atoms with Gasteiger partial charge in [-0.15, -0.1) is 0 Å². The van der Waals surface area contributed by atoms with Crippen LogP contribution < -0.4 is 19.5 Å². The van der Waals surface area contributed by atoms with Crippen molar-refractivity contribution in [2.24, 2.45) is 0 Å². The average Bonchev–Trinajstić information content (AvgIpc) is 2.66. The molecule has 0 saturated carbocycles. The molecule has 6 heteroatoms. The lowest BCUT2D eigenvalue weighted by Crippen LogP contribution is -2.39. The van der Waals surface area contributed by atoms with Crippen molar-refractivity contribution >= 4 is 17.5 Å². The van der Waals surface area contributed by atoms with Crippen LogP contribution in [0, 0.1) is 0 Å². The number of methoxy groups -OCH3 is 2. The highest BCUT2D eigenvalue weighted by Gasteiger charge is 2.22. The van der Waals surface area contributed by atoms with Crippen molar-refractivity contribution in [1.29, 1.82) is 0 Å². The number of benzene rings is 2. The standard InChI is InChI=1S/C20H24ClNO4/c1-5-18(26-15-8-6-14(21)7-9-15)20(23)22-13(2)17-12-16(24-3)10-11-19(17)25-4/h6-13,18H,5H2,1-4H3,(H,22,23)/t13-,18+/m0/s1. The van der Waals surface area contributed by atoms with Gasteiger partial charge in [0.15, 0.2) is 6.10 Å². The van der Waals surface area contributed by atoms with E-state index in [1.807, 2.05) is 32.0 Å². The van der Waals surface area contributed by atoms with E-state index in [0.717, 1.165) is 5.56 Å². The SMILES string of the molecule is CC[C@@H](Oc1ccc(Cl)cc1)C(=O)N[C@@H](C)c1cc(OC)ccc1OC. The monoisotopic (exact) mass is 377 g/mol. The predicted octanol–water partition coefficient (Wildman–Crippen LogP) is 4.39. The molecule has 0 fully saturated rings. The first-order chi connectivity index (χ1) is 12.5. The van der Waals surface area contributed by atoms with Crippen molar-refractivity contribution in [1.82, 2.24) is 5.32 Å². The number of amides is 1. The number of nitrogens with one attached hydrogen (secondary N) is 1. The lowest BCUT2D eigenvalue weighted by Gasteiger charge is -2.22. The maximum Gasteiger partial charge on any atom is 0.261 e. The van der Waals surface area contributed by atoms with Crippen LogP contribution in [0.3, 0.4) is 0 Å². The summed E-state index contributed by atoms with van der Waals surface area (Å²) in [6.45, 7) is 3.79. The zero-order valence-electron chi connectivity index (χ0n) is 15.4. The molecule has 2 aromatic carbocycles. The third-order valence-electron chi connectivity index (χ3n) is 4.02. The van der Waals surface area contributed by atoms with E-state index in [2.05, 4.69) is 5.32 Å². The third kappa shape index (κ3) is 5.05. The maximum atomic E-state index is 12.6. The molecule has 2 atom stereocenters. The Labute approximate surface area is 159 Å². The number of halogens is 1. The van der Waals surface area contributed by atoms with Crippen molar-refractivity contribution in [3.8, 4) is 17.2 Å². The number of rotatable bonds is 8. The summed E-state index contributed by atoms with van der Waals surface area (Å²) in [6, 6.07) is 12.2. The highest BCUT2D eigenvalue weighted by Crippen LogP contribution is 2.29. The first-order valence-corrected chi connectivity index (χ1v) is 8.80. The van der Waals surface area contributed by atoms with Gasteiger partial charge < -0.3 is 19.5 Å². The van der Waals surface area contributed by atoms with Crippen LogP contribution in [-0.4, -0.2) is 26.2 Å². The van der Waals surface area contributed by atoms with Gasteiger partial charge >= 0.3 is 0 Å². The molecule has 0 unspecified atom stereocenters. The van der Waals surface area contributed by atoms with E-state index in [4.69, 9.17) is 25.8 Å². The minimum atomic E-state index is -0.602. The van der Waals surface area contributed by atoms with Crippen molar-refractivity contribution in [3.05, 3.63) is 53.1 Å². The van der Waals surface area contributed by atoms with Crippen LogP contribution in [0.25, 0.3) is 0 Å². The summed E-state index contributed by atoms with van der Waals surface area (Å²) in [5.41, 5.74) is 0.835. The molecular formula is C20H24ClNO4. The van der Waals surface area contributed by atoms with Gasteiger partial charge in [0.05, 0.1) is 20.3 Å². The summed E-state index contributed by atoms with van der Waals surface area (Å²) in [5.74, 6) is 1.79. The number of hydrogen-bond donors (Lipinski definition) is 1. The Morgan fingerprint density at radius 3 is 2.31 bits per heavy atom. The van der Waals surface area contributed by atoms with Gasteiger partial charge in [-0.3, -0.25) is 4.79 Å². The number of ether oxygens (including phenoxy) is 3. The Bertz CT molecular complexity index is 733. The van der Waals surface area contributed by atoms with E-state index >= 15 is 0 Å². The Morgan fingerprint density at radius 1 is 1.08 bits per heavy atom. The summed E-state index contributed by atoms with van der Waals surface area (Å²) in [7, 11) is 3.19. The normalized spacial score (nSPS) is 12.8. The molecule has 0 aliphatic carbocycles. The molecular weight excluding hydrogens is 354 g/mol. The second-order valence-electron chi connectivity index (χ2n) is 5.81. The fourth-order valence-corrected chi connectivity index (χ4v) is 2.69. The lowest BCUT2D eigenvalue weighted by molar-refractivity contribution is -0.128. The van der Waals surface area contributed by atoms with Crippen LogP contribution in [0.4, 0.5) is 0 Å². The second-order valence-corrected chi connectivity index (χ2v) is 6.24. The Morgan fingerprint density at radius 2 is 1.73 bits per heavy atom. The zero-order chi connectivity index (χ0) is 19.1. The van der Waals surface area contributed by atoms with E-state index in [1.165, 1.54) is 0 Å². The molecule has 0 heterocycles. The molecule has 0 aliphatic rings. The van der Waals surface area contributed by atoms with E-state index in [-0.39, 0.29) is 11.9 Å². The lowest BCUT2D eigenvalue weighted by atomic mass is 10.1. The molecule has 0 aliphatic heterocycles. The van der Waals surface area contributed by atoms with Crippen LogP contribution in [0.5, 0.6) is 17.2 Å². The van der Waals surface area contributed by atoms with Crippen molar-refractivity contribution in [2.45, 2.75) is 32.4 Å². The number of carbonyl (C=O) groups is 1. The summed E-state index contributed by atoms with van der Waals surface area (Å²) in [5, 5.41) is 3.60. The molecule has 1 N–H and O–H groups in total. The quantitative estimate of drug-likeness (QED) is 0.741. The highest BCUT2D eigenvalue weighted by molar-refractivity contribution is 6.30. The zero-order valence-corrected chi connectivity index (χ0v) is 16.2. The van der Waals surface area contributed by atoms with Gasteiger partial charge in [-0.25, -0.2) is 0 Å². The minimum absolute atomic E-state index is 0.195. The minimum Gasteiger partial charge on any atom is -0.497 e. The Hall–Kier alpha value is -2.40. The fraction of sp³-hybridized carbons (Fsp3) is 0.350. The fourth-order valence-electron chi connectivity index (χ4n) is 2.56. The van der Waals surface area contributed by atoms with E-state index in [1.54, 1.807) is 38.5 Å². The molecule has 1 amide bonds. The largest absolute Gasteiger partial charge is 0.497 e. The molecule has 0 bridgehead atoms. The molecule has 0 aromatic heterocycles. The van der Waals surface area contributed by atoms with E-state index < -0.39 is 6.10 Å². The van der Waals surface area contributed by atoms with Crippen LogP contribution in [-0.2, 0) is 4.79 Å². The van der Waals surface area contributed by atoms with Crippen molar-refractivity contribution < 1.29 is 19.0 Å². The summed E-state index contributed by atoms with van der Waals surface area (Å²) in [4.78, 5) is 12.6. The predicted molar refractivity (Wildman–Crippen MR) is 102 cm³/mol. The van der Waals surface area contributed by atoms with Gasteiger partial charge in [0.2, 0.25) is 0 Å². The second kappa shape index (κ2) is 9.34. The Kier molecular flexibility index (Phi) is 7.16. The van der Waals surface area contributed by atoms with Crippen molar-refractivity contribution in [3.63, 3.8) is 0 Å². The highest BCUT2D eigenvalue weighted by atomic mass is 35.5. The molecule has 26 heavy (non-hydrogen) atoms. The van der Waals surface area contributed by atoms with Gasteiger partial charge in [-0.2, -0.15) is 0 Å². The molecule has 2 aromatic rings. The Balaban J connectivity index is 2.10.